The molecule has 1 unspecified atom stereocenters. The summed E-state index contributed by atoms with van der Waals surface area (Å²) in [6.45, 7) is 3.93. The van der Waals surface area contributed by atoms with Crippen LogP contribution in [-0.4, -0.2) is 10.7 Å². The molecule has 0 aromatic heterocycles. The molecule has 0 bridgehead atoms. The molecule has 1 nitrogen and oxygen atoms in total. The van der Waals surface area contributed by atoms with Crippen LogP contribution in [0.4, 0.5) is 4.39 Å². The second kappa shape index (κ2) is 3.81. The standard InChI is InChI=1S/C13H16BrFO/c1-12(5-6-12)13(2,16)8-9-7-10(15)3-4-11(9)14/h3-4,7,16H,5-6,8H2,1-2H3. The third kappa shape index (κ3) is 2.16. The first-order valence-electron chi connectivity index (χ1n) is 5.50. The van der Waals surface area contributed by atoms with Gasteiger partial charge in [-0.3, -0.25) is 0 Å². The highest BCUT2D eigenvalue weighted by molar-refractivity contribution is 9.10. The van der Waals surface area contributed by atoms with Crippen LogP contribution in [-0.2, 0) is 6.42 Å². The van der Waals surface area contributed by atoms with Gasteiger partial charge in [0.1, 0.15) is 5.82 Å². The van der Waals surface area contributed by atoms with Gasteiger partial charge in [-0.1, -0.05) is 22.9 Å². The van der Waals surface area contributed by atoms with E-state index in [9.17, 15) is 9.50 Å². The van der Waals surface area contributed by atoms with E-state index in [4.69, 9.17) is 0 Å². The lowest BCUT2D eigenvalue weighted by Crippen LogP contribution is -2.36. The van der Waals surface area contributed by atoms with Crippen molar-refractivity contribution < 1.29 is 9.50 Å². The van der Waals surface area contributed by atoms with Crippen molar-refractivity contribution in [2.75, 3.05) is 0 Å². The van der Waals surface area contributed by atoms with Crippen LogP contribution in [0.5, 0.6) is 0 Å². The molecule has 1 aromatic rings. The second-order valence-electron chi connectivity index (χ2n) is 5.25. The van der Waals surface area contributed by atoms with E-state index in [1.54, 1.807) is 6.07 Å². The second-order valence-corrected chi connectivity index (χ2v) is 6.10. The first-order valence-corrected chi connectivity index (χ1v) is 6.30. The van der Waals surface area contributed by atoms with Crippen LogP contribution in [0.2, 0.25) is 0 Å². The Labute approximate surface area is 104 Å². The molecule has 1 saturated carbocycles. The summed E-state index contributed by atoms with van der Waals surface area (Å²) in [5.41, 5.74) is 0.0698. The highest BCUT2D eigenvalue weighted by atomic mass is 79.9. The Hall–Kier alpha value is -0.410. The predicted octanol–water partition coefficient (Wildman–Crippen LogP) is 3.68. The van der Waals surface area contributed by atoms with Crippen molar-refractivity contribution in [3.05, 3.63) is 34.1 Å². The lowest BCUT2D eigenvalue weighted by atomic mass is 9.82. The van der Waals surface area contributed by atoms with Crippen molar-refractivity contribution >= 4 is 15.9 Å². The quantitative estimate of drug-likeness (QED) is 0.899. The van der Waals surface area contributed by atoms with E-state index in [1.165, 1.54) is 12.1 Å². The minimum Gasteiger partial charge on any atom is -0.389 e. The summed E-state index contributed by atoms with van der Waals surface area (Å²) in [4.78, 5) is 0. The van der Waals surface area contributed by atoms with E-state index in [0.29, 0.717) is 6.42 Å². The smallest absolute Gasteiger partial charge is 0.123 e. The number of halogens is 2. The summed E-state index contributed by atoms with van der Waals surface area (Å²) in [6, 6.07) is 4.60. The number of benzene rings is 1. The zero-order valence-electron chi connectivity index (χ0n) is 9.56. The minimum atomic E-state index is -0.761. The summed E-state index contributed by atoms with van der Waals surface area (Å²) in [5, 5.41) is 10.4. The van der Waals surface area contributed by atoms with E-state index in [1.807, 2.05) is 6.92 Å². The number of aliphatic hydroxyl groups is 1. The molecule has 1 atom stereocenters. The van der Waals surface area contributed by atoms with Gasteiger partial charge in [-0.05, 0) is 48.9 Å². The zero-order chi connectivity index (χ0) is 12.0. The molecule has 0 amide bonds. The summed E-state index contributed by atoms with van der Waals surface area (Å²) < 4.78 is 14.0. The maximum absolute atomic E-state index is 13.1. The van der Waals surface area contributed by atoms with E-state index in [-0.39, 0.29) is 11.2 Å². The average Bonchev–Trinajstić information content (AvgIpc) is 2.91. The fourth-order valence-electron chi connectivity index (χ4n) is 1.99. The van der Waals surface area contributed by atoms with Gasteiger partial charge in [0.25, 0.3) is 0 Å². The molecular weight excluding hydrogens is 271 g/mol. The molecule has 1 aliphatic rings. The molecule has 1 aliphatic carbocycles. The van der Waals surface area contributed by atoms with Crippen molar-refractivity contribution in [1.82, 2.24) is 0 Å². The summed E-state index contributed by atoms with van der Waals surface area (Å²) in [6.07, 6.45) is 2.59. The van der Waals surface area contributed by atoms with Gasteiger partial charge < -0.3 is 5.11 Å². The van der Waals surface area contributed by atoms with Crippen molar-refractivity contribution in [2.24, 2.45) is 5.41 Å². The third-order valence-electron chi connectivity index (χ3n) is 3.84. The summed E-state index contributed by atoms with van der Waals surface area (Å²) in [5.74, 6) is -0.255. The molecule has 1 aromatic carbocycles. The largest absolute Gasteiger partial charge is 0.389 e. The molecule has 1 N–H and O–H groups in total. The Morgan fingerprint density at radius 1 is 1.50 bits per heavy atom. The van der Waals surface area contributed by atoms with E-state index >= 15 is 0 Å². The van der Waals surface area contributed by atoms with Crippen molar-refractivity contribution in [3.63, 3.8) is 0 Å². The zero-order valence-corrected chi connectivity index (χ0v) is 11.1. The summed E-state index contributed by atoms with van der Waals surface area (Å²) in [7, 11) is 0. The lowest BCUT2D eigenvalue weighted by Gasteiger charge is -2.31. The summed E-state index contributed by atoms with van der Waals surface area (Å²) >= 11 is 3.39. The monoisotopic (exact) mass is 286 g/mol. The van der Waals surface area contributed by atoms with Gasteiger partial charge in [-0.2, -0.15) is 0 Å². The van der Waals surface area contributed by atoms with Crippen molar-refractivity contribution in [3.8, 4) is 0 Å². The highest BCUT2D eigenvalue weighted by Crippen LogP contribution is 2.54. The molecule has 0 aliphatic heterocycles. The van der Waals surface area contributed by atoms with Crippen molar-refractivity contribution in [1.29, 1.82) is 0 Å². The Kier molecular flexibility index (Phi) is 2.87. The van der Waals surface area contributed by atoms with Gasteiger partial charge >= 0.3 is 0 Å². The molecular formula is C13H16BrFO. The van der Waals surface area contributed by atoms with Crippen LogP contribution in [0.1, 0.15) is 32.3 Å². The minimum absolute atomic E-state index is 0.00123. The Bertz CT molecular complexity index is 410. The molecule has 0 saturated heterocycles. The van der Waals surface area contributed by atoms with Gasteiger partial charge in [0, 0.05) is 10.9 Å². The molecule has 3 heteroatoms. The van der Waals surface area contributed by atoms with Gasteiger partial charge in [0.2, 0.25) is 0 Å². The third-order valence-corrected chi connectivity index (χ3v) is 4.62. The van der Waals surface area contributed by atoms with E-state index in [0.717, 1.165) is 22.9 Å². The lowest BCUT2D eigenvalue weighted by molar-refractivity contribution is -0.00719. The maximum atomic E-state index is 13.1. The van der Waals surface area contributed by atoms with E-state index < -0.39 is 5.60 Å². The normalized spacial score (nSPS) is 21.6. The molecule has 0 radical (unpaired) electrons. The molecule has 1 fully saturated rings. The Morgan fingerprint density at radius 2 is 2.12 bits per heavy atom. The van der Waals surface area contributed by atoms with Crippen LogP contribution in [0.3, 0.4) is 0 Å². The Morgan fingerprint density at radius 3 is 2.69 bits per heavy atom. The average molecular weight is 287 g/mol. The SMILES string of the molecule is CC(O)(Cc1cc(F)ccc1Br)C1(C)CC1. The van der Waals surface area contributed by atoms with E-state index in [2.05, 4.69) is 22.9 Å². The van der Waals surface area contributed by atoms with Crippen LogP contribution < -0.4 is 0 Å². The molecule has 0 spiro atoms. The molecule has 2 rings (SSSR count). The fourth-order valence-corrected chi connectivity index (χ4v) is 2.38. The van der Waals surface area contributed by atoms with Gasteiger partial charge in [0.05, 0.1) is 5.60 Å². The molecule has 88 valence electrons. The fraction of sp³-hybridized carbons (Fsp3) is 0.538. The van der Waals surface area contributed by atoms with Crippen molar-refractivity contribution in [2.45, 2.75) is 38.7 Å². The van der Waals surface area contributed by atoms with Crippen LogP contribution in [0.25, 0.3) is 0 Å². The van der Waals surface area contributed by atoms with Crippen LogP contribution >= 0.6 is 15.9 Å². The number of hydrogen-bond donors (Lipinski definition) is 1. The first-order chi connectivity index (χ1) is 7.34. The van der Waals surface area contributed by atoms with Gasteiger partial charge in [0.15, 0.2) is 0 Å². The molecule has 0 heterocycles. The van der Waals surface area contributed by atoms with Crippen LogP contribution in [0, 0.1) is 11.2 Å². The van der Waals surface area contributed by atoms with Gasteiger partial charge in [-0.15, -0.1) is 0 Å². The predicted molar refractivity (Wildman–Crippen MR) is 65.8 cm³/mol. The van der Waals surface area contributed by atoms with Gasteiger partial charge in [-0.25, -0.2) is 4.39 Å². The number of hydrogen-bond acceptors (Lipinski definition) is 1. The number of rotatable bonds is 3. The highest BCUT2D eigenvalue weighted by Gasteiger charge is 2.52. The Balaban J connectivity index is 2.23. The maximum Gasteiger partial charge on any atom is 0.123 e. The van der Waals surface area contributed by atoms with Crippen LogP contribution in [0.15, 0.2) is 22.7 Å². The molecule has 16 heavy (non-hydrogen) atoms. The topological polar surface area (TPSA) is 20.2 Å². The first kappa shape index (κ1) is 12.1.